The highest BCUT2D eigenvalue weighted by Gasteiger charge is 2.52. The molecule has 2 aliphatic heterocycles. The lowest BCUT2D eigenvalue weighted by atomic mass is 9.82. The molecular formula is C30H33N5O2. The molecule has 0 spiro atoms. The van der Waals surface area contributed by atoms with Gasteiger partial charge in [-0.1, -0.05) is 91.0 Å². The van der Waals surface area contributed by atoms with E-state index in [-0.39, 0.29) is 23.7 Å². The summed E-state index contributed by atoms with van der Waals surface area (Å²) in [5.41, 5.74) is 7.79. The van der Waals surface area contributed by atoms with Crippen molar-refractivity contribution in [1.29, 1.82) is 5.41 Å². The molecule has 190 valence electrons. The lowest BCUT2D eigenvalue weighted by Gasteiger charge is -2.35. The summed E-state index contributed by atoms with van der Waals surface area (Å²) >= 11 is 0. The van der Waals surface area contributed by atoms with E-state index in [9.17, 15) is 9.59 Å². The smallest absolute Gasteiger partial charge is 0.264 e. The second-order valence-electron chi connectivity index (χ2n) is 9.94. The van der Waals surface area contributed by atoms with E-state index in [0.717, 1.165) is 29.5 Å². The van der Waals surface area contributed by atoms with Crippen molar-refractivity contribution in [2.24, 2.45) is 11.7 Å². The lowest BCUT2D eigenvalue weighted by Crippen LogP contribution is -2.49. The monoisotopic (exact) mass is 495 g/mol. The maximum Gasteiger partial charge on any atom is 0.264 e. The molecule has 2 heterocycles. The van der Waals surface area contributed by atoms with Crippen LogP contribution in [0, 0.1) is 11.3 Å². The van der Waals surface area contributed by atoms with E-state index in [1.807, 2.05) is 95.9 Å². The summed E-state index contributed by atoms with van der Waals surface area (Å²) in [5.74, 6) is 0.142. The summed E-state index contributed by atoms with van der Waals surface area (Å²) in [6, 6.07) is 28.5. The van der Waals surface area contributed by atoms with E-state index in [4.69, 9.17) is 11.1 Å². The van der Waals surface area contributed by atoms with E-state index in [0.29, 0.717) is 26.1 Å². The van der Waals surface area contributed by atoms with E-state index in [1.165, 1.54) is 0 Å². The topological polar surface area (TPSA) is 103 Å². The number of amides is 2. The van der Waals surface area contributed by atoms with Gasteiger partial charge >= 0.3 is 0 Å². The van der Waals surface area contributed by atoms with Gasteiger partial charge in [0.2, 0.25) is 5.91 Å². The first kappa shape index (κ1) is 24.7. The van der Waals surface area contributed by atoms with Gasteiger partial charge in [-0.15, -0.1) is 0 Å². The molecule has 3 aromatic rings. The Labute approximate surface area is 217 Å². The molecule has 1 unspecified atom stereocenters. The second-order valence-corrected chi connectivity index (χ2v) is 9.94. The average Bonchev–Trinajstić information content (AvgIpc) is 3.20. The van der Waals surface area contributed by atoms with Crippen molar-refractivity contribution in [3.05, 3.63) is 108 Å². The molecule has 7 nitrogen and oxygen atoms in total. The molecule has 0 saturated carbocycles. The third kappa shape index (κ3) is 4.87. The van der Waals surface area contributed by atoms with Gasteiger partial charge in [-0.05, 0) is 41.9 Å². The van der Waals surface area contributed by atoms with Crippen LogP contribution in [0.25, 0.3) is 0 Å². The van der Waals surface area contributed by atoms with Gasteiger partial charge in [0.15, 0.2) is 11.5 Å². The van der Waals surface area contributed by atoms with Crippen molar-refractivity contribution in [3.63, 3.8) is 0 Å². The van der Waals surface area contributed by atoms with Crippen LogP contribution in [0.5, 0.6) is 0 Å². The summed E-state index contributed by atoms with van der Waals surface area (Å²) in [6.07, 6.45) is 2.06. The first-order valence-electron chi connectivity index (χ1n) is 12.9. The number of nitrogens with zero attached hydrogens (tertiary/aromatic N) is 2. The van der Waals surface area contributed by atoms with Crippen molar-refractivity contribution in [1.82, 2.24) is 15.1 Å². The summed E-state index contributed by atoms with van der Waals surface area (Å²) in [6.45, 7) is 1.67. The van der Waals surface area contributed by atoms with Crippen LogP contribution in [0.15, 0.2) is 91.0 Å². The fraction of sp³-hybridized carbons (Fsp3) is 0.300. The number of likely N-dealkylation sites (tertiary alicyclic amines) is 1. The maximum atomic E-state index is 14.0. The molecule has 3 aromatic carbocycles. The number of nitrogens with one attached hydrogen (secondary N) is 2. The van der Waals surface area contributed by atoms with E-state index in [2.05, 4.69) is 5.32 Å². The predicted molar refractivity (Wildman–Crippen MR) is 144 cm³/mol. The minimum Gasteiger partial charge on any atom is -0.341 e. The third-order valence-electron chi connectivity index (χ3n) is 7.54. The van der Waals surface area contributed by atoms with Gasteiger partial charge in [0.25, 0.3) is 5.91 Å². The molecule has 0 bridgehead atoms. The van der Waals surface area contributed by atoms with Gasteiger partial charge in [0.05, 0.1) is 6.04 Å². The number of guanidine groups is 1. The first-order chi connectivity index (χ1) is 18.0. The highest BCUT2D eigenvalue weighted by molar-refractivity contribution is 6.10. The molecule has 2 saturated heterocycles. The van der Waals surface area contributed by atoms with Crippen molar-refractivity contribution in [3.8, 4) is 0 Å². The lowest BCUT2D eigenvalue weighted by molar-refractivity contribution is -0.135. The summed E-state index contributed by atoms with van der Waals surface area (Å²) in [7, 11) is 0. The third-order valence-corrected chi connectivity index (χ3v) is 7.54. The summed E-state index contributed by atoms with van der Waals surface area (Å²) in [5, 5.41) is 11.9. The Bertz CT molecular complexity index is 1200. The standard InChI is InChI=1S/C30H33N5O2/c31-26(20-22-10-4-1-5-11-22)27(36)34-18-16-23(17-19-34)21-35-28(37)30(33-29(35)32,24-12-6-2-7-13-24)25-14-8-3-9-15-25/h1-15,23,26H,16-21,31H2,(H2,32,33). The number of hydrogen-bond donors (Lipinski definition) is 3. The molecule has 0 aromatic heterocycles. The van der Waals surface area contributed by atoms with Crippen LogP contribution < -0.4 is 11.1 Å². The SMILES string of the molecule is N=C1NC(c2ccccc2)(c2ccccc2)C(=O)N1CC1CCN(C(=O)C(N)Cc2ccccc2)CC1. The van der Waals surface area contributed by atoms with Crippen LogP contribution in [-0.2, 0) is 21.5 Å². The van der Waals surface area contributed by atoms with Crippen LogP contribution in [0.1, 0.15) is 29.5 Å². The van der Waals surface area contributed by atoms with Gasteiger partial charge in [-0.3, -0.25) is 19.9 Å². The normalized spacial score (nSPS) is 18.5. The number of benzene rings is 3. The molecule has 0 aliphatic carbocycles. The van der Waals surface area contributed by atoms with E-state index < -0.39 is 11.6 Å². The van der Waals surface area contributed by atoms with Gasteiger partial charge < -0.3 is 16.0 Å². The molecule has 2 aliphatic rings. The Morgan fingerprint density at radius 1 is 0.919 bits per heavy atom. The zero-order chi connectivity index (χ0) is 25.8. The van der Waals surface area contributed by atoms with Crippen LogP contribution in [0.2, 0.25) is 0 Å². The first-order valence-corrected chi connectivity index (χ1v) is 12.9. The highest BCUT2D eigenvalue weighted by Crippen LogP contribution is 2.36. The molecule has 4 N–H and O–H groups in total. The quantitative estimate of drug-likeness (QED) is 0.469. The minimum absolute atomic E-state index is 0.0267. The number of rotatable bonds is 7. The van der Waals surface area contributed by atoms with Crippen molar-refractivity contribution in [2.75, 3.05) is 19.6 Å². The van der Waals surface area contributed by atoms with Crippen LogP contribution in [-0.4, -0.2) is 53.2 Å². The number of carbonyl (C=O) groups is 2. The highest BCUT2D eigenvalue weighted by atomic mass is 16.2. The Morgan fingerprint density at radius 3 is 1.97 bits per heavy atom. The summed E-state index contributed by atoms with van der Waals surface area (Å²) in [4.78, 5) is 30.4. The second kappa shape index (κ2) is 10.6. The molecular weight excluding hydrogens is 462 g/mol. The Balaban J connectivity index is 1.25. The van der Waals surface area contributed by atoms with Gasteiger partial charge in [0, 0.05) is 19.6 Å². The zero-order valence-electron chi connectivity index (χ0n) is 20.8. The van der Waals surface area contributed by atoms with Crippen LogP contribution in [0.4, 0.5) is 0 Å². The van der Waals surface area contributed by atoms with Gasteiger partial charge in [0.1, 0.15) is 0 Å². The van der Waals surface area contributed by atoms with E-state index in [1.54, 1.807) is 4.90 Å². The number of piperidine rings is 1. The fourth-order valence-electron chi connectivity index (χ4n) is 5.49. The van der Waals surface area contributed by atoms with Crippen LogP contribution >= 0.6 is 0 Å². The fourth-order valence-corrected chi connectivity index (χ4v) is 5.49. The van der Waals surface area contributed by atoms with Crippen LogP contribution in [0.3, 0.4) is 0 Å². The predicted octanol–water partition coefficient (Wildman–Crippen LogP) is 3.11. The summed E-state index contributed by atoms with van der Waals surface area (Å²) < 4.78 is 0. The number of nitrogens with two attached hydrogens (primary N) is 1. The maximum absolute atomic E-state index is 14.0. The molecule has 0 radical (unpaired) electrons. The molecule has 2 fully saturated rings. The molecule has 7 heteroatoms. The van der Waals surface area contributed by atoms with E-state index >= 15 is 0 Å². The Morgan fingerprint density at radius 2 is 1.43 bits per heavy atom. The Kier molecular flexibility index (Phi) is 7.06. The molecule has 37 heavy (non-hydrogen) atoms. The average molecular weight is 496 g/mol. The Hall–Kier alpha value is -3.97. The van der Waals surface area contributed by atoms with Gasteiger partial charge in [-0.25, -0.2) is 0 Å². The van der Waals surface area contributed by atoms with Crippen molar-refractivity contribution in [2.45, 2.75) is 30.8 Å². The molecule has 2 amide bonds. The largest absolute Gasteiger partial charge is 0.341 e. The number of hydrogen-bond acceptors (Lipinski definition) is 4. The zero-order valence-corrected chi connectivity index (χ0v) is 20.8. The minimum atomic E-state index is -1.12. The number of carbonyl (C=O) groups excluding carboxylic acids is 2. The van der Waals surface area contributed by atoms with Gasteiger partial charge in [-0.2, -0.15) is 0 Å². The van der Waals surface area contributed by atoms with Crippen molar-refractivity contribution >= 4 is 17.8 Å². The molecule has 1 atom stereocenters. The molecule has 5 rings (SSSR count). The van der Waals surface area contributed by atoms with Crippen molar-refractivity contribution < 1.29 is 9.59 Å².